The van der Waals surface area contributed by atoms with Crippen molar-refractivity contribution < 1.29 is 13.9 Å². The van der Waals surface area contributed by atoms with Crippen molar-refractivity contribution in [2.24, 2.45) is 0 Å². The fourth-order valence-electron chi connectivity index (χ4n) is 3.39. The number of unbranched alkanes of at least 4 members (excludes halogenated alkanes) is 1. The minimum Gasteiger partial charge on any atom is -0.449 e. The van der Waals surface area contributed by atoms with Crippen LogP contribution in [0.5, 0.6) is 0 Å². The predicted molar refractivity (Wildman–Crippen MR) is 110 cm³/mol. The van der Waals surface area contributed by atoms with Crippen molar-refractivity contribution in [3.63, 3.8) is 0 Å². The van der Waals surface area contributed by atoms with Gasteiger partial charge in [-0.05, 0) is 36.8 Å². The number of aromatic nitrogens is 4. The fourth-order valence-corrected chi connectivity index (χ4v) is 3.39. The number of carbonyl (C=O) groups is 1. The number of halogens is 1. The van der Waals surface area contributed by atoms with Crippen LogP contribution in [-0.4, -0.2) is 50.2 Å². The van der Waals surface area contributed by atoms with Crippen molar-refractivity contribution in [2.45, 2.75) is 25.8 Å². The molecule has 4 rings (SSSR count). The Morgan fingerprint density at radius 3 is 2.70 bits per heavy atom. The Hall–Kier alpha value is -3.49. The van der Waals surface area contributed by atoms with Crippen LogP contribution in [0.3, 0.4) is 0 Å². The summed E-state index contributed by atoms with van der Waals surface area (Å²) in [4.78, 5) is 26.7. The Balaban J connectivity index is 1.61. The summed E-state index contributed by atoms with van der Waals surface area (Å²) in [6.45, 7) is 3.50. The summed E-state index contributed by atoms with van der Waals surface area (Å²) >= 11 is 0. The number of benzene rings is 1. The van der Waals surface area contributed by atoms with Crippen molar-refractivity contribution in [1.82, 2.24) is 24.4 Å². The van der Waals surface area contributed by atoms with Gasteiger partial charge in [0, 0.05) is 24.8 Å². The van der Waals surface area contributed by atoms with Gasteiger partial charge in [0.1, 0.15) is 5.82 Å². The molecule has 156 valence electrons. The zero-order valence-corrected chi connectivity index (χ0v) is 16.7. The van der Waals surface area contributed by atoms with E-state index in [0.29, 0.717) is 31.1 Å². The van der Waals surface area contributed by atoms with Crippen LogP contribution in [0.4, 0.5) is 15.1 Å². The van der Waals surface area contributed by atoms with E-state index in [1.807, 2.05) is 11.5 Å². The molecule has 0 aliphatic carbocycles. The monoisotopic (exact) mass is 410 g/mol. The maximum Gasteiger partial charge on any atom is 0.409 e. The van der Waals surface area contributed by atoms with E-state index in [2.05, 4.69) is 15.0 Å². The molecule has 3 heterocycles. The van der Waals surface area contributed by atoms with Gasteiger partial charge in [-0.15, -0.1) is 0 Å². The van der Waals surface area contributed by atoms with Crippen LogP contribution in [0.2, 0.25) is 0 Å². The molecule has 1 amide bonds. The highest BCUT2D eigenvalue weighted by atomic mass is 19.1. The zero-order chi connectivity index (χ0) is 21.1. The summed E-state index contributed by atoms with van der Waals surface area (Å²) in [6.07, 6.45) is 4.83. The Labute approximate surface area is 173 Å². The maximum atomic E-state index is 13.4. The zero-order valence-electron chi connectivity index (χ0n) is 16.7. The smallest absolute Gasteiger partial charge is 0.409 e. The first-order valence-electron chi connectivity index (χ1n) is 9.90. The quantitative estimate of drug-likeness (QED) is 0.624. The lowest BCUT2D eigenvalue weighted by molar-refractivity contribution is 0.0567. The van der Waals surface area contributed by atoms with Crippen LogP contribution in [-0.2, 0) is 4.74 Å². The minimum absolute atomic E-state index is 0.0246. The van der Waals surface area contributed by atoms with E-state index in [9.17, 15) is 9.18 Å². The summed E-state index contributed by atoms with van der Waals surface area (Å²) in [5.41, 5.74) is 8.58. The van der Waals surface area contributed by atoms with Crippen LogP contribution in [0.25, 0.3) is 22.6 Å². The molecule has 0 unspecified atom stereocenters. The molecule has 9 heteroatoms. The maximum absolute atomic E-state index is 13.4. The van der Waals surface area contributed by atoms with Crippen molar-refractivity contribution in [3.05, 3.63) is 48.7 Å². The van der Waals surface area contributed by atoms with Crippen molar-refractivity contribution in [1.29, 1.82) is 0 Å². The van der Waals surface area contributed by atoms with Gasteiger partial charge in [0.15, 0.2) is 0 Å². The number of ether oxygens (including phenoxy) is 1. The molecular formula is C21H23FN6O2. The molecule has 1 saturated heterocycles. The molecule has 3 aromatic rings. The average Bonchev–Trinajstić information content (AvgIpc) is 3.12. The van der Waals surface area contributed by atoms with Crippen LogP contribution < -0.4 is 5.73 Å². The lowest BCUT2D eigenvalue weighted by atomic mass is 10.1. The molecule has 0 spiro atoms. The molecule has 1 aliphatic rings. The first-order chi connectivity index (χ1) is 14.6. The second kappa shape index (κ2) is 8.48. The number of anilines is 1. The van der Waals surface area contributed by atoms with E-state index in [-0.39, 0.29) is 23.9 Å². The second-order valence-electron chi connectivity index (χ2n) is 7.18. The highest BCUT2D eigenvalue weighted by molar-refractivity contribution is 5.77. The second-order valence-corrected chi connectivity index (χ2v) is 7.18. The van der Waals surface area contributed by atoms with Gasteiger partial charge in [-0.2, -0.15) is 0 Å². The first kappa shape index (κ1) is 19.8. The molecule has 1 aromatic carbocycles. The summed E-state index contributed by atoms with van der Waals surface area (Å²) in [6, 6.07) is 7.92. The van der Waals surface area contributed by atoms with Gasteiger partial charge in [0.2, 0.25) is 5.95 Å². The number of rotatable bonds is 6. The number of nitrogen functional groups attached to an aromatic ring is 1. The number of nitrogens with zero attached hydrogens (tertiary/aromatic N) is 5. The van der Waals surface area contributed by atoms with Crippen LogP contribution in [0.1, 0.15) is 25.8 Å². The third kappa shape index (κ3) is 3.96. The van der Waals surface area contributed by atoms with Crippen LogP contribution >= 0.6 is 0 Å². The van der Waals surface area contributed by atoms with Gasteiger partial charge in [-0.1, -0.05) is 13.3 Å². The van der Waals surface area contributed by atoms with Gasteiger partial charge in [-0.25, -0.2) is 24.1 Å². The summed E-state index contributed by atoms with van der Waals surface area (Å²) < 4.78 is 20.7. The van der Waals surface area contributed by atoms with Crippen molar-refractivity contribution >= 4 is 12.0 Å². The van der Waals surface area contributed by atoms with E-state index in [1.165, 1.54) is 12.1 Å². The predicted octanol–water partition coefficient (Wildman–Crippen LogP) is 3.52. The number of imidazole rings is 1. The summed E-state index contributed by atoms with van der Waals surface area (Å²) in [5.74, 6) is -0.165. The van der Waals surface area contributed by atoms with Gasteiger partial charge in [0.25, 0.3) is 0 Å². The number of carbonyl (C=O) groups excluding carboxylic acids is 1. The largest absolute Gasteiger partial charge is 0.449 e. The Morgan fingerprint density at radius 1 is 1.23 bits per heavy atom. The molecule has 0 saturated carbocycles. The molecule has 0 atom stereocenters. The summed E-state index contributed by atoms with van der Waals surface area (Å²) in [7, 11) is 0. The third-order valence-corrected chi connectivity index (χ3v) is 5.07. The Morgan fingerprint density at radius 2 is 2.00 bits per heavy atom. The van der Waals surface area contributed by atoms with Gasteiger partial charge in [0.05, 0.1) is 36.1 Å². The molecular weight excluding hydrogens is 387 g/mol. The van der Waals surface area contributed by atoms with Gasteiger partial charge < -0.3 is 19.9 Å². The van der Waals surface area contributed by atoms with Crippen molar-refractivity contribution in [2.75, 3.05) is 25.4 Å². The number of hydrogen-bond acceptors (Lipinski definition) is 6. The standard InChI is InChI=1S/C21H23FN6O2/c1-2-3-10-30-21(29)27-11-16(12-27)28-13-25-18(14-4-6-15(22)7-5-14)19(28)17-8-9-24-20(23)26-17/h4-9,13,16H,2-3,10-12H2,1H3,(H2,23,24,26). The van der Waals surface area contributed by atoms with E-state index >= 15 is 0 Å². The van der Waals surface area contributed by atoms with E-state index in [4.69, 9.17) is 10.5 Å². The Bertz CT molecular complexity index is 1030. The fraction of sp³-hybridized carbons (Fsp3) is 0.333. The third-order valence-electron chi connectivity index (χ3n) is 5.07. The molecule has 30 heavy (non-hydrogen) atoms. The number of nitrogens with two attached hydrogens (primary N) is 1. The molecule has 8 nitrogen and oxygen atoms in total. The van der Waals surface area contributed by atoms with Gasteiger partial charge in [-0.3, -0.25) is 0 Å². The molecule has 2 N–H and O–H groups in total. The molecule has 0 bridgehead atoms. The highest BCUT2D eigenvalue weighted by Gasteiger charge is 2.35. The highest BCUT2D eigenvalue weighted by Crippen LogP contribution is 2.35. The molecule has 1 fully saturated rings. The van der Waals surface area contributed by atoms with Crippen molar-refractivity contribution in [3.8, 4) is 22.6 Å². The molecule has 0 radical (unpaired) electrons. The lowest BCUT2D eigenvalue weighted by Crippen LogP contribution is -2.51. The Kier molecular flexibility index (Phi) is 5.60. The van der Waals surface area contributed by atoms with E-state index in [1.54, 1.807) is 35.6 Å². The van der Waals surface area contributed by atoms with E-state index < -0.39 is 0 Å². The minimum atomic E-state index is -0.317. The first-order valence-corrected chi connectivity index (χ1v) is 9.90. The number of amides is 1. The molecule has 1 aliphatic heterocycles. The van der Waals surface area contributed by atoms with Crippen LogP contribution in [0.15, 0.2) is 42.9 Å². The van der Waals surface area contributed by atoms with Crippen LogP contribution in [0, 0.1) is 5.82 Å². The molecule has 2 aromatic heterocycles. The normalized spacial score (nSPS) is 13.9. The SMILES string of the molecule is CCCCOC(=O)N1CC(n2cnc(-c3ccc(F)cc3)c2-c2ccnc(N)n2)C1. The lowest BCUT2D eigenvalue weighted by Gasteiger charge is -2.39. The van der Waals surface area contributed by atoms with Gasteiger partial charge >= 0.3 is 6.09 Å². The number of likely N-dealkylation sites (tertiary alicyclic amines) is 1. The van der Waals surface area contributed by atoms with E-state index in [0.717, 1.165) is 24.1 Å². The number of hydrogen-bond donors (Lipinski definition) is 1. The topological polar surface area (TPSA) is 99.2 Å². The summed E-state index contributed by atoms with van der Waals surface area (Å²) in [5, 5.41) is 0. The average molecular weight is 410 g/mol.